The molecule has 14 heavy (non-hydrogen) atoms. The van der Waals surface area contributed by atoms with Gasteiger partial charge in [0, 0.05) is 18.5 Å². The van der Waals surface area contributed by atoms with Crippen molar-refractivity contribution in [2.75, 3.05) is 19.8 Å². The van der Waals surface area contributed by atoms with E-state index < -0.39 is 0 Å². The third-order valence-electron chi connectivity index (χ3n) is 1.79. The van der Waals surface area contributed by atoms with Gasteiger partial charge in [-0.3, -0.25) is 0 Å². The zero-order valence-electron chi connectivity index (χ0n) is 9.62. The quantitative estimate of drug-likeness (QED) is 0.485. The second kappa shape index (κ2) is 8.53. The van der Waals surface area contributed by atoms with Gasteiger partial charge >= 0.3 is 0 Å². The second-order valence-electron chi connectivity index (χ2n) is 4.11. The van der Waals surface area contributed by atoms with Crippen molar-refractivity contribution in [1.29, 1.82) is 0 Å². The van der Waals surface area contributed by atoms with Gasteiger partial charge in [-0.1, -0.05) is 13.8 Å². The summed E-state index contributed by atoms with van der Waals surface area (Å²) < 4.78 is 10.4. The van der Waals surface area contributed by atoms with Gasteiger partial charge in [-0.25, -0.2) is 0 Å². The Morgan fingerprint density at radius 3 is 2.21 bits per heavy atom. The third kappa shape index (κ3) is 8.81. The number of hydrogen-bond donors (Lipinski definition) is 2. The molecule has 0 saturated carbocycles. The number of ether oxygens (including phenoxy) is 1. The molecule has 0 amide bonds. The van der Waals surface area contributed by atoms with Crippen LogP contribution in [0.1, 0.15) is 27.7 Å². The highest BCUT2D eigenvalue weighted by Gasteiger charge is 2.10. The lowest BCUT2D eigenvalue weighted by Gasteiger charge is -2.19. The molecule has 4 heteroatoms. The molecule has 0 spiro atoms. The molecule has 0 aliphatic heterocycles. The van der Waals surface area contributed by atoms with Crippen LogP contribution in [-0.2, 0) is 8.92 Å². The minimum atomic E-state index is 0.275. The van der Waals surface area contributed by atoms with E-state index in [1.807, 2.05) is 13.8 Å². The average molecular weight is 221 g/mol. The lowest BCUT2D eigenvalue weighted by Crippen LogP contribution is -2.33. The molecule has 86 valence electrons. The third-order valence-corrected chi connectivity index (χ3v) is 1.94. The molecule has 0 aliphatic rings. The molecule has 0 radical (unpaired) electrons. The van der Waals surface area contributed by atoms with Gasteiger partial charge in [0.1, 0.15) is 0 Å². The first-order valence-corrected chi connectivity index (χ1v) is 5.54. The van der Waals surface area contributed by atoms with Gasteiger partial charge in [0.2, 0.25) is 0 Å². The summed E-state index contributed by atoms with van der Waals surface area (Å²) in [7, 11) is 0. The lowest BCUT2D eigenvalue weighted by atomic mass is 10.1. The highest BCUT2D eigenvalue weighted by atomic mass is 32.1. The first-order valence-electron chi connectivity index (χ1n) is 5.17. The molecular formula is C10H23NO2S. The normalized spacial score (nSPS) is 13.9. The van der Waals surface area contributed by atoms with Gasteiger partial charge in [-0.05, 0) is 26.8 Å². The summed E-state index contributed by atoms with van der Waals surface area (Å²) in [5, 5.41) is 3.36. The maximum atomic E-state index is 5.53. The van der Waals surface area contributed by atoms with Crippen LogP contribution < -0.4 is 5.32 Å². The molecular weight excluding hydrogens is 198 g/mol. The Kier molecular flexibility index (Phi) is 8.67. The smallest absolute Gasteiger partial charge is 0.0672 e. The zero-order valence-corrected chi connectivity index (χ0v) is 10.5. The van der Waals surface area contributed by atoms with Crippen molar-refractivity contribution in [3.8, 4) is 0 Å². The number of rotatable bonds is 8. The van der Waals surface area contributed by atoms with E-state index in [2.05, 4.69) is 32.1 Å². The van der Waals surface area contributed by atoms with E-state index in [-0.39, 0.29) is 6.10 Å². The molecule has 0 bridgehead atoms. The maximum absolute atomic E-state index is 5.53. The average Bonchev–Trinajstić information content (AvgIpc) is 2.09. The predicted molar refractivity (Wildman–Crippen MR) is 62.7 cm³/mol. The fourth-order valence-corrected chi connectivity index (χ4v) is 1.21. The van der Waals surface area contributed by atoms with Gasteiger partial charge in [-0.2, -0.15) is 0 Å². The molecule has 1 N–H and O–H groups in total. The number of hydrogen-bond acceptors (Lipinski definition) is 4. The molecule has 3 nitrogen and oxygen atoms in total. The summed E-state index contributed by atoms with van der Waals surface area (Å²) >= 11 is 3.77. The first kappa shape index (κ1) is 14.2. The summed E-state index contributed by atoms with van der Waals surface area (Å²) in [5.74, 6) is 0.372. The van der Waals surface area contributed by atoms with Crippen LogP contribution in [0.4, 0.5) is 0 Å². The monoisotopic (exact) mass is 221 g/mol. The van der Waals surface area contributed by atoms with Crippen molar-refractivity contribution in [3.63, 3.8) is 0 Å². The first-order chi connectivity index (χ1) is 6.56. The van der Waals surface area contributed by atoms with Crippen LogP contribution >= 0.6 is 12.9 Å². The second-order valence-corrected chi connectivity index (χ2v) is 4.37. The molecule has 1 atom stereocenters. The summed E-state index contributed by atoms with van der Waals surface area (Å²) in [6, 6.07) is 0.497. The van der Waals surface area contributed by atoms with E-state index in [9.17, 15) is 0 Å². The van der Waals surface area contributed by atoms with E-state index in [0.717, 1.165) is 13.2 Å². The Hall–Kier alpha value is 0.230. The van der Waals surface area contributed by atoms with Gasteiger partial charge in [0.15, 0.2) is 0 Å². The van der Waals surface area contributed by atoms with Crippen molar-refractivity contribution in [2.45, 2.75) is 39.8 Å². The van der Waals surface area contributed by atoms with E-state index in [4.69, 9.17) is 8.92 Å². The van der Waals surface area contributed by atoms with E-state index in [1.165, 1.54) is 0 Å². The highest BCUT2D eigenvalue weighted by molar-refractivity contribution is 7.75. The van der Waals surface area contributed by atoms with Crippen LogP contribution in [-0.4, -0.2) is 31.9 Å². The number of nitrogens with one attached hydrogen (secondary N) is 1. The summed E-state index contributed by atoms with van der Waals surface area (Å²) in [6.45, 7) is 10.6. The Bertz CT molecular complexity index is 119. The Balaban J connectivity index is 3.65. The molecule has 0 saturated heterocycles. The summed E-state index contributed by atoms with van der Waals surface area (Å²) in [4.78, 5) is 0. The highest BCUT2D eigenvalue weighted by Crippen LogP contribution is 2.02. The largest absolute Gasteiger partial charge is 0.378 e. The molecule has 0 aromatic carbocycles. The standard InChI is InChI=1S/C10H23NO2S/c1-8(2)11-5-10(7-13-14)6-12-9(3)4/h8-11,14H,5-7H2,1-4H3. The van der Waals surface area contributed by atoms with Crippen LogP contribution in [0.25, 0.3) is 0 Å². The van der Waals surface area contributed by atoms with Crippen molar-refractivity contribution in [3.05, 3.63) is 0 Å². The minimum Gasteiger partial charge on any atom is -0.378 e. The van der Waals surface area contributed by atoms with E-state index in [0.29, 0.717) is 18.6 Å². The SMILES string of the molecule is CC(C)NCC(COS)COC(C)C. The molecule has 0 aliphatic carbocycles. The molecule has 0 aromatic rings. The van der Waals surface area contributed by atoms with Crippen LogP contribution in [0.5, 0.6) is 0 Å². The Labute approximate surface area is 93.2 Å². The van der Waals surface area contributed by atoms with Crippen molar-refractivity contribution < 1.29 is 8.92 Å². The maximum Gasteiger partial charge on any atom is 0.0672 e. The van der Waals surface area contributed by atoms with E-state index >= 15 is 0 Å². The Morgan fingerprint density at radius 2 is 1.79 bits per heavy atom. The van der Waals surface area contributed by atoms with Crippen LogP contribution in [0.2, 0.25) is 0 Å². The zero-order chi connectivity index (χ0) is 11.0. The van der Waals surface area contributed by atoms with Gasteiger partial charge in [-0.15, -0.1) is 0 Å². The molecule has 1 unspecified atom stereocenters. The molecule has 0 aromatic heterocycles. The fourth-order valence-electron chi connectivity index (χ4n) is 1.00. The molecule has 0 rings (SSSR count). The van der Waals surface area contributed by atoms with Gasteiger partial charge in [0.05, 0.1) is 19.3 Å². The van der Waals surface area contributed by atoms with Gasteiger partial charge in [0.25, 0.3) is 0 Å². The van der Waals surface area contributed by atoms with Crippen molar-refractivity contribution >= 4 is 12.9 Å². The Morgan fingerprint density at radius 1 is 1.14 bits per heavy atom. The summed E-state index contributed by atoms with van der Waals surface area (Å²) in [6.07, 6.45) is 0.275. The minimum absolute atomic E-state index is 0.275. The number of thiol groups is 1. The fraction of sp³-hybridized carbons (Fsp3) is 1.00. The van der Waals surface area contributed by atoms with Crippen LogP contribution in [0, 0.1) is 5.92 Å². The van der Waals surface area contributed by atoms with Crippen LogP contribution in [0.3, 0.4) is 0 Å². The van der Waals surface area contributed by atoms with E-state index in [1.54, 1.807) is 0 Å². The lowest BCUT2D eigenvalue weighted by molar-refractivity contribution is 0.0398. The predicted octanol–water partition coefficient (Wildman–Crippen LogP) is 1.89. The van der Waals surface area contributed by atoms with Crippen molar-refractivity contribution in [1.82, 2.24) is 5.32 Å². The van der Waals surface area contributed by atoms with Crippen LogP contribution in [0.15, 0.2) is 0 Å². The molecule has 0 fully saturated rings. The summed E-state index contributed by atoms with van der Waals surface area (Å²) in [5.41, 5.74) is 0. The van der Waals surface area contributed by atoms with Crippen molar-refractivity contribution in [2.24, 2.45) is 5.92 Å². The van der Waals surface area contributed by atoms with Gasteiger partial charge < -0.3 is 14.2 Å². The topological polar surface area (TPSA) is 30.5 Å². The molecule has 0 heterocycles.